The predicted octanol–water partition coefficient (Wildman–Crippen LogP) is 3.68. The van der Waals surface area contributed by atoms with Gasteiger partial charge in [0.2, 0.25) is 17.7 Å². The number of benzene rings is 1. The van der Waals surface area contributed by atoms with Gasteiger partial charge < -0.3 is 9.47 Å². The zero-order valence-corrected chi connectivity index (χ0v) is 16.2. The number of anilines is 1. The van der Waals surface area contributed by atoms with Gasteiger partial charge in [-0.3, -0.25) is 9.59 Å². The van der Waals surface area contributed by atoms with Crippen LogP contribution in [-0.4, -0.2) is 23.4 Å². The molecule has 1 aromatic heterocycles. The average molecular weight is 379 g/mol. The van der Waals surface area contributed by atoms with Crippen molar-refractivity contribution in [3.05, 3.63) is 42.1 Å². The number of imide groups is 1. The van der Waals surface area contributed by atoms with Crippen LogP contribution in [0.4, 0.5) is 5.69 Å². The lowest BCUT2D eigenvalue weighted by molar-refractivity contribution is -0.125. The minimum atomic E-state index is -0.746. The Morgan fingerprint density at radius 3 is 2.54 bits per heavy atom. The minimum absolute atomic E-state index is 0.237. The Bertz CT molecular complexity index is 961. The molecule has 3 rings (SSSR count). The number of pyridine rings is 1. The van der Waals surface area contributed by atoms with Gasteiger partial charge in [0.25, 0.3) is 0 Å². The molecule has 1 atom stereocenters. The number of ether oxygens (including phenoxy) is 2. The quantitative estimate of drug-likeness (QED) is 0.736. The van der Waals surface area contributed by atoms with E-state index in [4.69, 9.17) is 14.7 Å². The molecule has 0 spiro atoms. The van der Waals surface area contributed by atoms with Gasteiger partial charge >= 0.3 is 0 Å². The maximum Gasteiger partial charge on any atom is 0.240 e. The van der Waals surface area contributed by atoms with Gasteiger partial charge in [-0.25, -0.2) is 9.88 Å². The summed E-state index contributed by atoms with van der Waals surface area (Å²) >= 11 is 0. The standard InChI is InChI=1S/C21H21N3O4/c1-5-27-17-10-16(8-6-14(17)11-22)28-18-9-7-15(12-23-18)24-19(25)13(2)21(3,4)20(24)26/h6-10,12-13H,5H2,1-4H3. The molecular weight excluding hydrogens is 358 g/mol. The Balaban J connectivity index is 1.81. The summed E-state index contributed by atoms with van der Waals surface area (Å²) in [5, 5.41) is 9.12. The van der Waals surface area contributed by atoms with Gasteiger partial charge in [0.1, 0.15) is 17.6 Å². The molecule has 1 saturated heterocycles. The summed E-state index contributed by atoms with van der Waals surface area (Å²) in [5.41, 5.74) is 0.0830. The first-order valence-electron chi connectivity index (χ1n) is 8.98. The van der Waals surface area contributed by atoms with E-state index in [0.29, 0.717) is 35.2 Å². The fourth-order valence-corrected chi connectivity index (χ4v) is 2.94. The van der Waals surface area contributed by atoms with Crippen LogP contribution in [0.5, 0.6) is 17.4 Å². The van der Waals surface area contributed by atoms with Crippen molar-refractivity contribution in [2.75, 3.05) is 11.5 Å². The minimum Gasteiger partial charge on any atom is -0.492 e. The van der Waals surface area contributed by atoms with E-state index in [1.54, 1.807) is 51.1 Å². The summed E-state index contributed by atoms with van der Waals surface area (Å²) in [6.07, 6.45) is 1.44. The average Bonchev–Trinajstić information content (AvgIpc) is 2.83. The Morgan fingerprint density at radius 2 is 2.00 bits per heavy atom. The van der Waals surface area contributed by atoms with E-state index in [1.807, 2.05) is 6.92 Å². The second kappa shape index (κ2) is 7.31. The molecule has 144 valence electrons. The molecule has 1 unspecified atom stereocenters. The second-order valence-electron chi connectivity index (χ2n) is 7.08. The number of amides is 2. The van der Waals surface area contributed by atoms with Crippen molar-refractivity contribution in [3.8, 4) is 23.4 Å². The maximum atomic E-state index is 12.6. The van der Waals surface area contributed by atoms with Gasteiger partial charge in [-0.15, -0.1) is 0 Å². The van der Waals surface area contributed by atoms with Crippen LogP contribution in [-0.2, 0) is 9.59 Å². The zero-order chi connectivity index (χ0) is 20.5. The summed E-state index contributed by atoms with van der Waals surface area (Å²) in [7, 11) is 0. The summed E-state index contributed by atoms with van der Waals surface area (Å²) in [4.78, 5) is 30.4. The Labute approximate surface area is 163 Å². The van der Waals surface area contributed by atoms with Gasteiger partial charge in [0, 0.05) is 12.1 Å². The number of nitrogens with zero attached hydrogens (tertiary/aromatic N) is 3. The fourth-order valence-electron chi connectivity index (χ4n) is 2.94. The van der Waals surface area contributed by atoms with Crippen molar-refractivity contribution >= 4 is 17.5 Å². The first-order valence-corrected chi connectivity index (χ1v) is 8.98. The molecule has 28 heavy (non-hydrogen) atoms. The monoisotopic (exact) mass is 379 g/mol. The van der Waals surface area contributed by atoms with Gasteiger partial charge in [-0.2, -0.15) is 5.26 Å². The van der Waals surface area contributed by atoms with Crippen molar-refractivity contribution in [2.24, 2.45) is 11.3 Å². The third-order valence-electron chi connectivity index (χ3n) is 5.00. The van der Waals surface area contributed by atoms with Crippen molar-refractivity contribution in [1.29, 1.82) is 5.26 Å². The van der Waals surface area contributed by atoms with Gasteiger partial charge in [0.15, 0.2) is 0 Å². The van der Waals surface area contributed by atoms with E-state index in [9.17, 15) is 9.59 Å². The highest BCUT2D eigenvalue weighted by molar-refractivity contribution is 6.23. The third kappa shape index (κ3) is 3.29. The molecule has 1 fully saturated rings. The van der Waals surface area contributed by atoms with E-state index in [-0.39, 0.29) is 11.8 Å². The number of rotatable bonds is 5. The van der Waals surface area contributed by atoms with Crippen LogP contribution in [0.25, 0.3) is 0 Å². The smallest absolute Gasteiger partial charge is 0.240 e. The van der Waals surface area contributed by atoms with Crippen LogP contribution in [0.3, 0.4) is 0 Å². The lowest BCUT2D eigenvalue weighted by Gasteiger charge is -2.18. The Hall–Kier alpha value is -3.40. The van der Waals surface area contributed by atoms with Gasteiger partial charge in [0.05, 0.1) is 35.4 Å². The lowest BCUT2D eigenvalue weighted by atomic mass is 9.82. The predicted molar refractivity (Wildman–Crippen MR) is 102 cm³/mol. The summed E-state index contributed by atoms with van der Waals surface area (Å²) < 4.78 is 11.2. The zero-order valence-electron chi connectivity index (χ0n) is 16.2. The van der Waals surface area contributed by atoms with Crippen LogP contribution in [0.2, 0.25) is 0 Å². The molecule has 2 amide bonds. The van der Waals surface area contributed by atoms with E-state index < -0.39 is 11.3 Å². The van der Waals surface area contributed by atoms with Gasteiger partial charge in [-0.05, 0) is 25.1 Å². The molecule has 0 radical (unpaired) electrons. The highest BCUT2D eigenvalue weighted by Crippen LogP contribution is 2.39. The topological polar surface area (TPSA) is 92.5 Å². The first kappa shape index (κ1) is 19.4. The largest absolute Gasteiger partial charge is 0.492 e. The molecule has 1 aliphatic rings. The number of carbonyl (C=O) groups is 2. The van der Waals surface area contributed by atoms with Crippen molar-refractivity contribution in [2.45, 2.75) is 27.7 Å². The Morgan fingerprint density at radius 1 is 1.25 bits per heavy atom. The summed E-state index contributed by atoms with van der Waals surface area (Å²) in [5.74, 6) is 0.316. The van der Waals surface area contributed by atoms with E-state index in [2.05, 4.69) is 11.1 Å². The number of aromatic nitrogens is 1. The SMILES string of the molecule is CCOc1cc(Oc2ccc(N3C(=O)C(C)C(C)(C)C3=O)cn2)ccc1C#N. The normalized spacial score (nSPS) is 18.1. The molecular formula is C21H21N3O4. The van der Waals surface area contributed by atoms with Crippen LogP contribution in [0.15, 0.2) is 36.5 Å². The second-order valence-corrected chi connectivity index (χ2v) is 7.08. The van der Waals surface area contributed by atoms with Crippen LogP contribution in [0.1, 0.15) is 33.3 Å². The Kier molecular flexibility index (Phi) is 5.06. The number of hydrogen-bond acceptors (Lipinski definition) is 6. The maximum absolute atomic E-state index is 12.6. The van der Waals surface area contributed by atoms with Crippen LogP contribution in [0, 0.1) is 22.7 Å². The molecule has 2 aromatic rings. The lowest BCUT2D eigenvalue weighted by Crippen LogP contribution is -2.33. The van der Waals surface area contributed by atoms with E-state index in [0.717, 1.165) is 0 Å². The molecule has 1 aliphatic heterocycles. The highest BCUT2D eigenvalue weighted by atomic mass is 16.5. The van der Waals surface area contributed by atoms with Gasteiger partial charge in [-0.1, -0.05) is 20.8 Å². The van der Waals surface area contributed by atoms with Crippen molar-refractivity contribution < 1.29 is 19.1 Å². The molecule has 0 saturated carbocycles. The molecule has 7 nitrogen and oxygen atoms in total. The number of nitriles is 1. The fraction of sp³-hybridized carbons (Fsp3) is 0.333. The third-order valence-corrected chi connectivity index (χ3v) is 5.00. The molecule has 0 N–H and O–H groups in total. The summed E-state index contributed by atoms with van der Waals surface area (Å²) in [6.45, 7) is 7.55. The molecule has 0 aliphatic carbocycles. The number of hydrogen-bond donors (Lipinski definition) is 0. The number of carbonyl (C=O) groups excluding carboxylic acids is 2. The molecule has 0 bridgehead atoms. The molecule has 1 aromatic carbocycles. The van der Waals surface area contributed by atoms with Crippen molar-refractivity contribution in [1.82, 2.24) is 4.98 Å². The first-order chi connectivity index (χ1) is 13.3. The highest BCUT2D eigenvalue weighted by Gasteiger charge is 2.51. The van der Waals surface area contributed by atoms with E-state index in [1.165, 1.54) is 11.1 Å². The van der Waals surface area contributed by atoms with E-state index >= 15 is 0 Å². The van der Waals surface area contributed by atoms with Crippen LogP contribution >= 0.6 is 0 Å². The van der Waals surface area contributed by atoms with Crippen molar-refractivity contribution in [3.63, 3.8) is 0 Å². The molecule has 7 heteroatoms. The molecule has 2 heterocycles. The summed E-state index contributed by atoms with van der Waals surface area (Å²) in [6, 6.07) is 10.2. The van der Waals surface area contributed by atoms with Crippen LogP contribution < -0.4 is 14.4 Å².